The molecule has 1 aromatic rings. The molecule has 0 saturated carbocycles. The number of rotatable bonds is 7. The number of amides is 1. The van der Waals surface area contributed by atoms with E-state index in [4.69, 9.17) is 19.9 Å². The molecule has 1 atom stereocenters. The molecule has 0 radical (unpaired) electrons. The Morgan fingerprint density at radius 3 is 2.27 bits per heavy atom. The van der Waals surface area contributed by atoms with Crippen LogP contribution in [0.25, 0.3) is 0 Å². The first-order valence-corrected chi connectivity index (χ1v) is 6.65. The second kappa shape index (κ2) is 9.50. The summed E-state index contributed by atoms with van der Waals surface area (Å²) in [5.41, 5.74) is 7.76. The van der Waals surface area contributed by atoms with E-state index in [-0.39, 0.29) is 24.9 Å². The third-order valence-electron chi connectivity index (χ3n) is 3.29. The molecular weight excluding hydrogens is 308 g/mol. The number of likely N-dealkylation sites (N-methyl/N-ethyl adjacent to an activating group) is 1. The highest BCUT2D eigenvalue weighted by Gasteiger charge is 2.19. The molecule has 22 heavy (non-hydrogen) atoms. The van der Waals surface area contributed by atoms with Gasteiger partial charge in [-0.15, -0.1) is 12.4 Å². The lowest BCUT2D eigenvalue weighted by Crippen LogP contribution is -2.44. The van der Waals surface area contributed by atoms with Gasteiger partial charge in [-0.2, -0.15) is 0 Å². The number of ether oxygens (including phenoxy) is 3. The van der Waals surface area contributed by atoms with Crippen molar-refractivity contribution in [2.45, 2.75) is 19.5 Å². The highest BCUT2D eigenvalue weighted by Crippen LogP contribution is 2.30. The number of hydrogen-bond acceptors (Lipinski definition) is 5. The summed E-state index contributed by atoms with van der Waals surface area (Å²) in [7, 11) is 6.41. The first kappa shape index (κ1) is 20.5. The van der Waals surface area contributed by atoms with Crippen molar-refractivity contribution in [1.82, 2.24) is 4.90 Å². The van der Waals surface area contributed by atoms with Crippen LogP contribution in [-0.4, -0.2) is 51.8 Å². The fourth-order valence-corrected chi connectivity index (χ4v) is 2.06. The van der Waals surface area contributed by atoms with Gasteiger partial charge in [-0.25, -0.2) is 0 Å². The molecule has 1 unspecified atom stereocenters. The van der Waals surface area contributed by atoms with Gasteiger partial charge in [0.15, 0.2) is 11.5 Å². The molecule has 0 fully saturated rings. The van der Waals surface area contributed by atoms with Gasteiger partial charge in [-0.05, 0) is 30.2 Å². The molecule has 0 saturated heterocycles. The van der Waals surface area contributed by atoms with Gasteiger partial charge in [0, 0.05) is 20.7 Å². The quantitative estimate of drug-likeness (QED) is 0.816. The molecule has 0 heterocycles. The molecule has 0 aliphatic rings. The first-order chi connectivity index (χ1) is 9.94. The van der Waals surface area contributed by atoms with E-state index >= 15 is 0 Å². The van der Waals surface area contributed by atoms with E-state index in [9.17, 15) is 4.79 Å². The van der Waals surface area contributed by atoms with Crippen LogP contribution in [0.5, 0.6) is 11.5 Å². The van der Waals surface area contributed by atoms with Crippen LogP contribution >= 0.6 is 12.4 Å². The number of carbonyl (C=O) groups is 1. The molecule has 6 nitrogen and oxygen atoms in total. The predicted molar refractivity (Wildman–Crippen MR) is 87.9 cm³/mol. The van der Waals surface area contributed by atoms with Gasteiger partial charge in [-0.1, -0.05) is 0 Å². The van der Waals surface area contributed by atoms with Crippen LogP contribution in [0, 0.1) is 6.92 Å². The van der Waals surface area contributed by atoms with E-state index in [1.54, 1.807) is 26.2 Å². The van der Waals surface area contributed by atoms with E-state index in [1.165, 1.54) is 7.11 Å². The largest absolute Gasteiger partial charge is 0.493 e. The Morgan fingerprint density at radius 1 is 1.23 bits per heavy atom. The minimum Gasteiger partial charge on any atom is -0.493 e. The van der Waals surface area contributed by atoms with Crippen molar-refractivity contribution < 1.29 is 19.0 Å². The van der Waals surface area contributed by atoms with Crippen LogP contribution in [0.3, 0.4) is 0 Å². The van der Waals surface area contributed by atoms with Crippen LogP contribution in [-0.2, 0) is 16.1 Å². The third-order valence-corrected chi connectivity index (χ3v) is 3.29. The minimum atomic E-state index is -0.652. The maximum Gasteiger partial charge on any atom is 0.241 e. The number of halogens is 1. The molecule has 1 rings (SSSR count). The lowest BCUT2D eigenvalue weighted by Gasteiger charge is -2.22. The van der Waals surface area contributed by atoms with Crippen LogP contribution < -0.4 is 15.2 Å². The summed E-state index contributed by atoms with van der Waals surface area (Å²) in [6.07, 6.45) is 0. The molecular formula is C15H25ClN2O4. The second-order valence-electron chi connectivity index (χ2n) is 4.89. The molecule has 0 aromatic heterocycles. The minimum absolute atomic E-state index is 0. The summed E-state index contributed by atoms with van der Waals surface area (Å²) in [6.45, 7) is 2.61. The van der Waals surface area contributed by atoms with E-state index in [0.717, 1.165) is 11.1 Å². The van der Waals surface area contributed by atoms with Crippen LogP contribution in [0.2, 0.25) is 0 Å². The smallest absolute Gasteiger partial charge is 0.241 e. The van der Waals surface area contributed by atoms with Crippen LogP contribution in [0.4, 0.5) is 0 Å². The van der Waals surface area contributed by atoms with E-state index in [2.05, 4.69) is 0 Å². The van der Waals surface area contributed by atoms with Gasteiger partial charge in [0.05, 0.1) is 20.8 Å². The van der Waals surface area contributed by atoms with Crippen molar-refractivity contribution in [3.8, 4) is 11.5 Å². The standard InChI is InChI=1S/C15H24N2O4.ClH/c1-10-6-13(20-4)14(21-5)7-11(10)8-17(2)15(18)12(16)9-19-3;/h6-7,12H,8-9,16H2,1-5H3;1H. The number of methoxy groups -OCH3 is 3. The lowest BCUT2D eigenvalue weighted by molar-refractivity contribution is -0.133. The topological polar surface area (TPSA) is 74.0 Å². The Morgan fingerprint density at radius 2 is 1.77 bits per heavy atom. The Hall–Kier alpha value is -1.50. The summed E-state index contributed by atoms with van der Waals surface area (Å²) in [5, 5.41) is 0. The fourth-order valence-electron chi connectivity index (χ4n) is 2.06. The molecule has 0 spiro atoms. The Labute approximate surface area is 137 Å². The highest BCUT2D eigenvalue weighted by atomic mass is 35.5. The average Bonchev–Trinajstić information content (AvgIpc) is 2.48. The first-order valence-electron chi connectivity index (χ1n) is 6.65. The Bertz CT molecular complexity index is 497. The Kier molecular flexibility index (Phi) is 8.86. The van der Waals surface area contributed by atoms with Gasteiger partial charge in [0.25, 0.3) is 0 Å². The molecule has 0 aliphatic heterocycles. The summed E-state index contributed by atoms with van der Waals surface area (Å²) >= 11 is 0. The molecule has 126 valence electrons. The molecule has 1 amide bonds. The summed E-state index contributed by atoms with van der Waals surface area (Å²) < 4.78 is 15.4. The summed E-state index contributed by atoms with van der Waals surface area (Å²) in [6, 6.07) is 3.11. The second-order valence-corrected chi connectivity index (χ2v) is 4.89. The zero-order chi connectivity index (χ0) is 16.0. The zero-order valence-corrected chi connectivity index (χ0v) is 14.5. The monoisotopic (exact) mass is 332 g/mol. The van der Waals surface area contributed by atoms with Gasteiger partial charge >= 0.3 is 0 Å². The number of hydrogen-bond donors (Lipinski definition) is 1. The van der Waals surface area contributed by atoms with Gasteiger partial charge in [0.1, 0.15) is 6.04 Å². The SMILES string of the molecule is COCC(N)C(=O)N(C)Cc1cc(OC)c(OC)cc1C.Cl. The maximum atomic E-state index is 12.1. The molecule has 7 heteroatoms. The maximum absolute atomic E-state index is 12.1. The summed E-state index contributed by atoms with van der Waals surface area (Å²) in [4.78, 5) is 13.7. The Balaban J connectivity index is 0.00000441. The normalized spacial score (nSPS) is 11.4. The van der Waals surface area contributed by atoms with Gasteiger partial charge in [-0.3, -0.25) is 4.79 Å². The molecule has 0 aliphatic carbocycles. The molecule has 0 bridgehead atoms. The highest BCUT2D eigenvalue weighted by molar-refractivity contribution is 5.85. The van der Waals surface area contributed by atoms with Crippen molar-refractivity contribution in [2.75, 3.05) is 35.0 Å². The van der Waals surface area contributed by atoms with Crippen molar-refractivity contribution >= 4 is 18.3 Å². The van der Waals surface area contributed by atoms with E-state index in [1.807, 2.05) is 19.1 Å². The van der Waals surface area contributed by atoms with Crippen molar-refractivity contribution in [2.24, 2.45) is 5.73 Å². The van der Waals surface area contributed by atoms with Crippen molar-refractivity contribution in [1.29, 1.82) is 0 Å². The van der Waals surface area contributed by atoms with Crippen LogP contribution in [0.15, 0.2) is 12.1 Å². The zero-order valence-electron chi connectivity index (χ0n) is 13.7. The molecule has 1 aromatic carbocycles. The average molecular weight is 333 g/mol. The third kappa shape index (κ3) is 5.05. The van der Waals surface area contributed by atoms with E-state index in [0.29, 0.717) is 18.0 Å². The fraction of sp³-hybridized carbons (Fsp3) is 0.533. The number of carbonyl (C=O) groups excluding carboxylic acids is 1. The number of nitrogens with zero attached hydrogens (tertiary/aromatic N) is 1. The summed E-state index contributed by atoms with van der Waals surface area (Å²) in [5.74, 6) is 1.15. The van der Waals surface area contributed by atoms with Crippen LogP contribution in [0.1, 0.15) is 11.1 Å². The van der Waals surface area contributed by atoms with Gasteiger partial charge < -0.3 is 24.8 Å². The van der Waals surface area contributed by atoms with Crippen molar-refractivity contribution in [3.63, 3.8) is 0 Å². The predicted octanol–water partition coefficient (Wildman–Crippen LogP) is 1.37. The number of aryl methyl sites for hydroxylation is 1. The number of nitrogens with two attached hydrogens (primary N) is 1. The van der Waals surface area contributed by atoms with Gasteiger partial charge in [0.2, 0.25) is 5.91 Å². The molecule has 2 N–H and O–H groups in total. The number of benzene rings is 1. The van der Waals surface area contributed by atoms with E-state index < -0.39 is 6.04 Å². The van der Waals surface area contributed by atoms with Crippen molar-refractivity contribution in [3.05, 3.63) is 23.3 Å². The lowest BCUT2D eigenvalue weighted by atomic mass is 10.1.